The Labute approximate surface area is 446 Å². The van der Waals surface area contributed by atoms with Crippen molar-refractivity contribution in [1.29, 1.82) is 0 Å². The Morgan fingerprint density at radius 3 is 1.99 bits per heavy atom. The molecule has 19 nitrogen and oxygen atoms in total. The van der Waals surface area contributed by atoms with Crippen molar-refractivity contribution in [3.63, 3.8) is 0 Å². The van der Waals surface area contributed by atoms with Crippen molar-refractivity contribution in [3.05, 3.63) is 83.6 Å². The molecule has 4 bridgehead atoms. The van der Waals surface area contributed by atoms with Crippen molar-refractivity contribution >= 4 is 52.3 Å². The molecule has 7 amide bonds. The van der Waals surface area contributed by atoms with Crippen LogP contribution in [-0.2, 0) is 46.4 Å². The summed E-state index contributed by atoms with van der Waals surface area (Å²) in [5, 5.41) is 56.8. The van der Waals surface area contributed by atoms with E-state index in [4.69, 9.17) is 0 Å². The molecule has 76 heavy (non-hydrogen) atoms. The zero-order valence-electron chi connectivity index (χ0n) is 44.8. The Hall–Kier alpha value is -6.99. The molecule has 0 unspecified atom stereocenters. The number of carbonyl (C=O) groups is 7. The molecule has 0 spiro atoms. The number of benzene rings is 3. The quantitative estimate of drug-likeness (QED) is 0.0358. The van der Waals surface area contributed by atoms with Crippen LogP contribution in [0.5, 0.6) is 11.5 Å². The second-order valence-corrected chi connectivity index (χ2v) is 20.1. The molecule has 0 saturated carbocycles. The third-order valence-corrected chi connectivity index (χ3v) is 14.2. The number of aromatic nitrogens is 1. The minimum absolute atomic E-state index is 0.0794. The summed E-state index contributed by atoms with van der Waals surface area (Å²) >= 11 is 0. The summed E-state index contributed by atoms with van der Waals surface area (Å²) in [6, 6.07) is 8.88. The molecule has 414 valence electrons. The highest BCUT2D eigenvalue weighted by Crippen LogP contribution is 2.39. The summed E-state index contributed by atoms with van der Waals surface area (Å²) in [4.78, 5) is 101. The van der Waals surface area contributed by atoms with Crippen LogP contribution in [0.1, 0.15) is 133 Å². The van der Waals surface area contributed by atoms with Crippen LogP contribution in [0.3, 0.4) is 0 Å². The van der Waals surface area contributed by atoms with Gasteiger partial charge in [0.1, 0.15) is 41.7 Å². The fourth-order valence-electron chi connectivity index (χ4n) is 9.53. The number of aliphatic hydroxyl groups is 2. The monoisotopic (exact) mass is 1050 g/mol. The first-order valence-electron chi connectivity index (χ1n) is 26.9. The minimum atomic E-state index is -1.49. The normalized spacial score (nSPS) is 16.8. The lowest BCUT2D eigenvalue weighted by Crippen LogP contribution is -2.56. The van der Waals surface area contributed by atoms with E-state index < -0.39 is 91.5 Å². The number of aromatic amines is 1. The molecule has 0 radical (unpaired) electrons. The molecule has 5 rings (SSSR count). The summed E-state index contributed by atoms with van der Waals surface area (Å²) in [7, 11) is 2.72. The van der Waals surface area contributed by atoms with Gasteiger partial charge in [-0.2, -0.15) is 0 Å². The molecule has 1 aliphatic heterocycles. The number of likely N-dealkylation sites (N-methyl/N-ethyl adjacent to an activating group) is 2. The third-order valence-electron chi connectivity index (χ3n) is 14.2. The van der Waals surface area contributed by atoms with Gasteiger partial charge in [-0.15, -0.1) is 0 Å². The molecule has 3 aromatic carbocycles. The van der Waals surface area contributed by atoms with Crippen LogP contribution in [-0.4, -0.2) is 141 Å². The van der Waals surface area contributed by atoms with E-state index in [1.54, 1.807) is 12.3 Å². The van der Waals surface area contributed by atoms with Crippen molar-refractivity contribution in [1.82, 2.24) is 41.4 Å². The smallest absolute Gasteiger partial charge is 0.248 e. The molecule has 0 aliphatic carbocycles. The molecule has 19 heteroatoms. The number of phenolic OH excluding ortho intramolecular Hbond substituents is 2. The number of carbonyl (C=O) groups excluding carboxylic acids is 7. The van der Waals surface area contributed by atoms with Crippen LogP contribution in [0.2, 0.25) is 0 Å². The molecular weight excluding hydrogens is 973 g/mol. The second-order valence-electron chi connectivity index (χ2n) is 20.1. The average molecular weight is 1050 g/mol. The highest BCUT2D eigenvalue weighted by atomic mass is 16.3. The minimum Gasteiger partial charge on any atom is -0.507 e. The molecule has 4 aromatic rings. The number of fused-ring (bicyclic) bond motifs is 6. The van der Waals surface area contributed by atoms with E-state index in [1.807, 2.05) is 24.3 Å². The number of para-hydroxylation sites is 1. The average Bonchev–Trinajstić information content (AvgIpc) is 3.82. The summed E-state index contributed by atoms with van der Waals surface area (Å²) in [6.07, 6.45) is 17.2. The lowest BCUT2D eigenvalue weighted by Gasteiger charge is -2.30. The second kappa shape index (κ2) is 29.9. The summed E-state index contributed by atoms with van der Waals surface area (Å²) in [5.41, 5.74) is 2.57. The lowest BCUT2D eigenvalue weighted by molar-refractivity contribution is -0.142. The maximum absolute atomic E-state index is 14.3. The van der Waals surface area contributed by atoms with E-state index in [9.17, 15) is 54.0 Å². The Kier molecular flexibility index (Phi) is 23.6. The van der Waals surface area contributed by atoms with Gasteiger partial charge in [-0.1, -0.05) is 114 Å². The Bertz CT molecular complexity index is 2600. The van der Waals surface area contributed by atoms with Gasteiger partial charge in [-0.3, -0.25) is 33.6 Å². The molecule has 1 aromatic heterocycles. The number of amides is 7. The van der Waals surface area contributed by atoms with Gasteiger partial charge in [0.15, 0.2) is 0 Å². The highest BCUT2D eigenvalue weighted by molar-refractivity contribution is 5.97. The number of hydrogen-bond acceptors (Lipinski definition) is 11. The van der Waals surface area contributed by atoms with Crippen LogP contribution in [0.25, 0.3) is 22.0 Å². The van der Waals surface area contributed by atoms with E-state index in [1.165, 1.54) is 121 Å². The first kappa shape index (κ1) is 59.9. The van der Waals surface area contributed by atoms with Crippen molar-refractivity contribution in [2.75, 3.05) is 33.9 Å². The van der Waals surface area contributed by atoms with Gasteiger partial charge in [0.2, 0.25) is 41.4 Å². The number of aliphatic hydroxyl groups excluding tert-OH is 2. The zero-order chi connectivity index (χ0) is 55.3. The number of hydrogen-bond donors (Lipinski definition) is 10. The van der Waals surface area contributed by atoms with Gasteiger partial charge in [0.05, 0.1) is 25.8 Å². The van der Waals surface area contributed by atoms with Gasteiger partial charge in [0.25, 0.3) is 0 Å². The molecule has 0 saturated heterocycles. The summed E-state index contributed by atoms with van der Waals surface area (Å²) < 4.78 is 0. The number of nitrogens with zero attached hydrogens (tertiary/aromatic N) is 2. The standard InChI is InChI=1S/C57H80N8O11/c1-6-7-8-9-10-11-12-13-14-15-16-17-18-23-50(70)64(4)47(35-67)56(75)60-36(2)53(72)59-33-51(71)65(5)52-39-25-27-49(69)44(31-39)43-28-38(24-26-48(43)68)29-46(63-54(73)37(3)61-57(52)76)55(74)62-41(34-66)30-40-32-58-45-22-20-19-21-42(40)45/h19-22,24-28,31-32,36-37,41,46-47,52,58,66-69H,6-18,23,29-30,33-35H2,1-5H3,(H,59,72)(H,60,75)(H,61,76)(H,62,74)(H,63,73)/t36-,37+,41+,46+,47-,52+/m1/s1. The van der Waals surface area contributed by atoms with Crippen molar-refractivity contribution < 1.29 is 54.0 Å². The number of phenols is 2. The van der Waals surface area contributed by atoms with Gasteiger partial charge < -0.3 is 61.8 Å². The van der Waals surface area contributed by atoms with Crippen molar-refractivity contribution in [2.45, 2.75) is 160 Å². The molecule has 10 N–H and O–H groups in total. The van der Waals surface area contributed by atoms with Crippen LogP contribution < -0.4 is 26.6 Å². The van der Waals surface area contributed by atoms with Gasteiger partial charge in [-0.05, 0) is 73.7 Å². The first-order chi connectivity index (χ1) is 36.5. The van der Waals surface area contributed by atoms with E-state index in [-0.39, 0.29) is 53.4 Å². The lowest BCUT2D eigenvalue weighted by atomic mass is 9.93. The highest BCUT2D eigenvalue weighted by Gasteiger charge is 2.35. The fraction of sp³-hybridized carbons (Fsp3) is 0.526. The maximum atomic E-state index is 14.3. The molecular formula is C57H80N8O11. The van der Waals surface area contributed by atoms with Crippen LogP contribution in [0, 0.1) is 0 Å². The number of nitrogens with one attached hydrogen (secondary N) is 6. The number of rotatable bonds is 27. The topological polar surface area (TPSA) is 283 Å². The van der Waals surface area contributed by atoms with Crippen LogP contribution in [0.15, 0.2) is 66.9 Å². The molecule has 0 fully saturated rings. The van der Waals surface area contributed by atoms with E-state index in [2.05, 4.69) is 38.5 Å². The first-order valence-corrected chi connectivity index (χ1v) is 26.9. The third kappa shape index (κ3) is 17.0. The van der Waals surface area contributed by atoms with E-state index in [0.29, 0.717) is 12.0 Å². The zero-order valence-corrected chi connectivity index (χ0v) is 44.8. The fourth-order valence-corrected chi connectivity index (χ4v) is 9.53. The van der Waals surface area contributed by atoms with Gasteiger partial charge in [0, 0.05) is 55.2 Å². The number of H-pyrrole nitrogens is 1. The summed E-state index contributed by atoms with van der Waals surface area (Å²) in [5.74, 6) is -5.43. The van der Waals surface area contributed by atoms with Crippen LogP contribution in [0.4, 0.5) is 0 Å². The van der Waals surface area contributed by atoms with Crippen molar-refractivity contribution in [2.24, 2.45) is 0 Å². The maximum Gasteiger partial charge on any atom is 0.248 e. The van der Waals surface area contributed by atoms with Crippen molar-refractivity contribution in [3.8, 4) is 22.6 Å². The molecule has 2 heterocycles. The van der Waals surface area contributed by atoms with Gasteiger partial charge in [-0.25, -0.2) is 0 Å². The van der Waals surface area contributed by atoms with Crippen LogP contribution >= 0.6 is 0 Å². The number of aromatic hydroxyl groups is 2. The SMILES string of the molecule is CCCCCCCCCCCCCCCC(=O)N(C)[C@H](CO)C(=O)N[C@H](C)C(=O)NCC(=O)N(C)[C@@H]1C(=O)N[C@@H](C)C(=O)N[C@H](C(=O)N[C@H](CO)Cc2c[nH]c3ccccc23)Cc2ccc(O)c(c2)-c2cc1ccc2O. The van der Waals surface area contributed by atoms with E-state index in [0.717, 1.165) is 40.6 Å². The predicted molar refractivity (Wildman–Crippen MR) is 290 cm³/mol. The Morgan fingerprint density at radius 1 is 0.724 bits per heavy atom. The Morgan fingerprint density at radius 2 is 1.34 bits per heavy atom. The molecule has 6 atom stereocenters. The molecule has 1 aliphatic rings. The summed E-state index contributed by atoms with van der Waals surface area (Å²) in [6.45, 7) is 3.22. The van der Waals surface area contributed by atoms with E-state index >= 15 is 0 Å². The number of unbranched alkanes of at least 4 members (excludes halogenated alkanes) is 12. The Balaban J connectivity index is 1.20. The van der Waals surface area contributed by atoms with Gasteiger partial charge >= 0.3 is 0 Å². The largest absolute Gasteiger partial charge is 0.507 e. The predicted octanol–water partition coefficient (Wildman–Crippen LogP) is 4.93.